The predicted molar refractivity (Wildman–Crippen MR) is 112 cm³/mol. The Morgan fingerprint density at radius 3 is 2.25 bits per heavy atom. The topological polar surface area (TPSA) is 83.8 Å². The summed E-state index contributed by atoms with van der Waals surface area (Å²) < 4.78 is 5.23. The average molecular weight is 411 g/mol. The number of esters is 1. The fourth-order valence-electron chi connectivity index (χ4n) is 2.63. The van der Waals surface area contributed by atoms with Crippen LogP contribution < -0.4 is 0 Å². The SMILES string of the molecule is Cc1c(Cl)c(O)c(C=CCCCCCCCOC(=O)C(C)(C)C)c(O)c1C=O. The van der Waals surface area contributed by atoms with E-state index in [0.717, 1.165) is 38.5 Å². The predicted octanol–water partition coefficient (Wildman–Crippen LogP) is 5.82. The lowest BCUT2D eigenvalue weighted by Gasteiger charge is -2.16. The minimum Gasteiger partial charge on any atom is -0.506 e. The van der Waals surface area contributed by atoms with Crippen molar-refractivity contribution in [2.24, 2.45) is 5.41 Å². The van der Waals surface area contributed by atoms with Gasteiger partial charge in [0.25, 0.3) is 0 Å². The van der Waals surface area contributed by atoms with Crippen molar-refractivity contribution < 1.29 is 24.5 Å². The molecule has 6 heteroatoms. The third kappa shape index (κ3) is 6.86. The van der Waals surface area contributed by atoms with E-state index in [2.05, 4.69) is 0 Å². The molecule has 1 rings (SSSR count). The molecule has 0 bridgehead atoms. The number of allylic oxidation sites excluding steroid dienone is 1. The molecule has 2 N–H and O–H groups in total. The highest BCUT2D eigenvalue weighted by molar-refractivity contribution is 6.33. The molecule has 156 valence electrons. The first-order chi connectivity index (χ1) is 13.1. The van der Waals surface area contributed by atoms with E-state index in [9.17, 15) is 19.8 Å². The highest BCUT2D eigenvalue weighted by Crippen LogP contribution is 2.40. The van der Waals surface area contributed by atoms with Gasteiger partial charge in [-0.15, -0.1) is 0 Å². The van der Waals surface area contributed by atoms with Gasteiger partial charge in [0.05, 0.1) is 28.2 Å². The minimum absolute atomic E-state index is 0.0757. The summed E-state index contributed by atoms with van der Waals surface area (Å²) in [4.78, 5) is 22.7. The largest absolute Gasteiger partial charge is 0.506 e. The lowest BCUT2D eigenvalue weighted by Crippen LogP contribution is -2.23. The number of aromatic hydroxyl groups is 2. The molecular formula is C22H31ClO5. The second kappa shape index (κ2) is 11.1. The first kappa shape index (κ1) is 24.0. The van der Waals surface area contributed by atoms with Crippen molar-refractivity contribution in [1.29, 1.82) is 0 Å². The number of phenolic OH excluding ortho intramolecular Hbond substituents is 2. The van der Waals surface area contributed by atoms with Gasteiger partial charge in [-0.05, 0) is 52.5 Å². The first-order valence-electron chi connectivity index (χ1n) is 9.64. The van der Waals surface area contributed by atoms with Crippen molar-refractivity contribution in [3.63, 3.8) is 0 Å². The zero-order valence-electron chi connectivity index (χ0n) is 17.2. The van der Waals surface area contributed by atoms with Gasteiger partial charge in [-0.25, -0.2) is 0 Å². The summed E-state index contributed by atoms with van der Waals surface area (Å²) in [7, 11) is 0. The minimum atomic E-state index is -0.455. The van der Waals surface area contributed by atoms with Crippen LogP contribution in [0.15, 0.2) is 6.08 Å². The van der Waals surface area contributed by atoms with Gasteiger partial charge in [0.15, 0.2) is 6.29 Å². The Bertz CT molecular complexity index is 717. The molecule has 0 aliphatic rings. The molecule has 0 aliphatic carbocycles. The number of carbonyl (C=O) groups is 2. The van der Waals surface area contributed by atoms with Crippen LogP contribution in [-0.2, 0) is 9.53 Å². The summed E-state index contributed by atoms with van der Waals surface area (Å²) in [6, 6.07) is 0. The molecule has 28 heavy (non-hydrogen) atoms. The normalized spacial score (nSPS) is 11.8. The number of ether oxygens (including phenoxy) is 1. The molecule has 0 heterocycles. The number of phenols is 2. The second-order valence-electron chi connectivity index (χ2n) is 7.93. The van der Waals surface area contributed by atoms with E-state index >= 15 is 0 Å². The maximum atomic E-state index is 11.6. The molecule has 0 saturated heterocycles. The molecule has 0 radical (unpaired) electrons. The smallest absolute Gasteiger partial charge is 0.311 e. The second-order valence-corrected chi connectivity index (χ2v) is 8.30. The van der Waals surface area contributed by atoms with Gasteiger partial charge in [-0.3, -0.25) is 9.59 Å². The standard InChI is InChI=1S/C22H31ClO5/c1-15-17(14-24)19(25)16(20(26)18(15)23)12-10-8-6-5-7-9-11-13-28-21(27)22(2,3)4/h10,12,14,25-26H,5-9,11,13H2,1-4H3. The number of aldehydes is 1. The van der Waals surface area contributed by atoms with Crippen LogP contribution in [0.5, 0.6) is 11.5 Å². The molecule has 0 fully saturated rings. The fraction of sp³-hybridized carbons (Fsp3) is 0.545. The first-order valence-corrected chi connectivity index (χ1v) is 10.0. The molecule has 0 aliphatic heterocycles. The summed E-state index contributed by atoms with van der Waals surface area (Å²) in [6.07, 6.45) is 9.64. The van der Waals surface area contributed by atoms with Gasteiger partial charge in [-0.1, -0.05) is 43.0 Å². The maximum Gasteiger partial charge on any atom is 0.311 e. The lowest BCUT2D eigenvalue weighted by atomic mass is 9.97. The molecule has 0 saturated carbocycles. The summed E-state index contributed by atoms with van der Waals surface area (Å²) in [6.45, 7) is 7.55. The lowest BCUT2D eigenvalue weighted by molar-refractivity contribution is -0.153. The number of carbonyl (C=O) groups excluding carboxylic acids is 2. The number of hydrogen-bond donors (Lipinski definition) is 2. The van der Waals surface area contributed by atoms with Gasteiger partial charge in [0.2, 0.25) is 0 Å². The van der Waals surface area contributed by atoms with Crippen LogP contribution in [0.1, 0.15) is 80.8 Å². The molecule has 5 nitrogen and oxygen atoms in total. The molecule has 0 spiro atoms. The van der Waals surface area contributed by atoms with Crippen molar-refractivity contribution in [2.45, 2.75) is 66.2 Å². The van der Waals surface area contributed by atoms with Gasteiger partial charge < -0.3 is 14.9 Å². The van der Waals surface area contributed by atoms with E-state index < -0.39 is 5.41 Å². The quantitative estimate of drug-likeness (QED) is 0.288. The summed E-state index contributed by atoms with van der Waals surface area (Å²) in [5.74, 6) is -0.642. The van der Waals surface area contributed by atoms with Crippen LogP contribution in [0.2, 0.25) is 5.02 Å². The molecule has 1 aromatic rings. The van der Waals surface area contributed by atoms with Gasteiger partial charge in [0, 0.05) is 0 Å². The molecule has 0 aromatic heterocycles. The van der Waals surface area contributed by atoms with Crippen molar-refractivity contribution in [3.05, 3.63) is 27.8 Å². The third-order valence-corrected chi connectivity index (χ3v) is 4.93. The summed E-state index contributed by atoms with van der Waals surface area (Å²) in [5.41, 5.74) is 0.161. The van der Waals surface area contributed by atoms with Crippen molar-refractivity contribution in [3.8, 4) is 11.5 Å². The average Bonchev–Trinajstić information content (AvgIpc) is 2.63. The molecular weight excluding hydrogens is 380 g/mol. The Hall–Kier alpha value is -2.01. The summed E-state index contributed by atoms with van der Waals surface area (Å²) in [5, 5.41) is 20.3. The zero-order valence-corrected chi connectivity index (χ0v) is 17.9. The Morgan fingerprint density at radius 1 is 1.04 bits per heavy atom. The zero-order chi connectivity index (χ0) is 21.3. The molecule has 1 aromatic carbocycles. The molecule has 0 atom stereocenters. The van der Waals surface area contributed by atoms with Gasteiger partial charge >= 0.3 is 5.97 Å². The Kier molecular flexibility index (Phi) is 9.53. The molecule has 0 amide bonds. The monoisotopic (exact) mass is 410 g/mol. The van der Waals surface area contributed by atoms with Gasteiger partial charge in [0.1, 0.15) is 11.5 Å². The van der Waals surface area contributed by atoms with Crippen molar-refractivity contribution in [1.82, 2.24) is 0 Å². The van der Waals surface area contributed by atoms with Gasteiger partial charge in [-0.2, -0.15) is 0 Å². The highest BCUT2D eigenvalue weighted by atomic mass is 35.5. The summed E-state index contributed by atoms with van der Waals surface area (Å²) >= 11 is 6.02. The number of halogens is 1. The number of rotatable bonds is 10. The van der Waals surface area contributed by atoms with Crippen LogP contribution >= 0.6 is 11.6 Å². The van der Waals surface area contributed by atoms with Crippen LogP contribution in [0.4, 0.5) is 0 Å². The third-order valence-electron chi connectivity index (χ3n) is 4.47. The van der Waals surface area contributed by atoms with Crippen LogP contribution in [-0.4, -0.2) is 29.1 Å². The van der Waals surface area contributed by atoms with Crippen LogP contribution in [0.3, 0.4) is 0 Å². The Balaban J connectivity index is 2.34. The van der Waals surface area contributed by atoms with E-state index in [1.165, 1.54) is 0 Å². The Morgan fingerprint density at radius 2 is 1.64 bits per heavy atom. The van der Waals surface area contributed by atoms with E-state index in [1.807, 2.05) is 26.8 Å². The maximum absolute atomic E-state index is 11.6. The fourth-order valence-corrected chi connectivity index (χ4v) is 2.83. The van der Waals surface area contributed by atoms with E-state index in [1.54, 1.807) is 13.0 Å². The number of hydrogen-bond acceptors (Lipinski definition) is 5. The van der Waals surface area contributed by atoms with Crippen LogP contribution in [0.25, 0.3) is 6.08 Å². The molecule has 0 unspecified atom stereocenters. The van der Waals surface area contributed by atoms with Crippen molar-refractivity contribution >= 4 is 29.9 Å². The number of benzene rings is 1. The number of unbranched alkanes of at least 4 members (excludes halogenated alkanes) is 5. The van der Waals surface area contributed by atoms with E-state index in [0.29, 0.717) is 18.5 Å². The van der Waals surface area contributed by atoms with E-state index in [-0.39, 0.29) is 33.6 Å². The van der Waals surface area contributed by atoms with Crippen LogP contribution in [0, 0.1) is 12.3 Å². The van der Waals surface area contributed by atoms with Crippen molar-refractivity contribution in [2.75, 3.05) is 6.61 Å². The highest BCUT2D eigenvalue weighted by Gasteiger charge is 2.22. The van der Waals surface area contributed by atoms with E-state index in [4.69, 9.17) is 16.3 Å². The Labute approximate surface area is 172 Å².